The fourth-order valence-corrected chi connectivity index (χ4v) is 11.2. The van der Waals surface area contributed by atoms with Crippen molar-refractivity contribution >= 4 is 18.1 Å². The van der Waals surface area contributed by atoms with Crippen molar-refractivity contribution < 1.29 is 83.7 Å². The fraction of sp³-hybridized carbons (Fsp3) is 0.547. The van der Waals surface area contributed by atoms with E-state index in [2.05, 4.69) is 10.3 Å². The molecule has 0 spiro atoms. The number of fused-ring (bicyclic) bond motifs is 5. The predicted molar refractivity (Wildman–Crippen MR) is 310 cm³/mol. The molecule has 6 rings (SSSR count). The van der Waals surface area contributed by atoms with Gasteiger partial charge in [0.25, 0.3) is 0 Å². The van der Waals surface area contributed by atoms with Crippen molar-refractivity contribution in [2.45, 2.75) is 189 Å². The van der Waals surface area contributed by atoms with Crippen LogP contribution in [-0.2, 0) is 38.0 Å². The third kappa shape index (κ3) is 19.1. The van der Waals surface area contributed by atoms with Crippen LogP contribution in [0.5, 0.6) is 0 Å². The second kappa shape index (κ2) is 32.5. The fourth-order valence-electron chi connectivity index (χ4n) is 11.2. The molecule has 1 amide bonds. The Hall–Kier alpha value is -5.74. The minimum atomic E-state index is -1.74. The summed E-state index contributed by atoms with van der Waals surface area (Å²) in [4.78, 5) is 42.2. The first-order valence-electron chi connectivity index (χ1n) is 28.8. The van der Waals surface area contributed by atoms with Crippen molar-refractivity contribution in [3.05, 3.63) is 145 Å². The van der Waals surface area contributed by atoms with Crippen molar-refractivity contribution in [1.82, 2.24) is 5.32 Å². The quantitative estimate of drug-likeness (QED) is 0.0844. The van der Waals surface area contributed by atoms with Gasteiger partial charge in [0.05, 0.1) is 73.5 Å². The Kier molecular flexibility index (Phi) is 26.0. The summed E-state index contributed by atoms with van der Waals surface area (Å²) in [5, 5.41) is 92.2. The molecule has 3 aliphatic heterocycles. The zero-order chi connectivity index (χ0) is 60.2. The molecule has 2 saturated heterocycles. The lowest BCUT2D eigenvalue weighted by Crippen LogP contribution is -2.61. The number of ether oxygens (including phenoxy) is 6. The maximum Gasteiger partial charge on any atom is 0.407 e. The number of methoxy groups -OCH3 is 1. The highest BCUT2D eigenvalue weighted by atomic mass is 16.7. The zero-order valence-corrected chi connectivity index (χ0v) is 48.2. The number of nitrogens with one attached hydrogen (secondary N) is 1. The van der Waals surface area contributed by atoms with E-state index >= 15 is 0 Å². The Labute approximate surface area is 487 Å². The molecular formula is C64H86N2O17. The van der Waals surface area contributed by atoms with E-state index in [1.165, 1.54) is 13.2 Å². The van der Waals surface area contributed by atoms with E-state index in [0.29, 0.717) is 0 Å². The van der Waals surface area contributed by atoms with E-state index in [0.717, 1.165) is 22.3 Å². The second-order valence-electron chi connectivity index (χ2n) is 22.4. The highest BCUT2D eigenvalue weighted by Gasteiger charge is 2.50. The number of isocyanates is 1. The molecule has 19 nitrogen and oxygen atoms in total. The molecule has 9 N–H and O–H groups in total. The van der Waals surface area contributed by atoms with Gasteiger partial charge in [0.2, 0.25) is 6.08 Å². The topological polar surface area (TPSA) is 293 Å². The van der Waals surface area contributed by atoms with Gasteiger partial charge in [-0.15, -0.1) is 0 Å². The number of allylic oxidation sites excluding steroid dienone is 12. The van der Waals surface area contributed by atoms with Crippen LogP contribution in [0.4, 0.5) is 4.79 Å². The number of hydrogen-bond donors (Lipinski definition) is 9. The van der Waals surface area contributed by atoms with Crippen LogP contribution in [0.2, 0.25) is 0 Å². The summed E-state index contributed by atoms with van der Waals surface area (Å²) in [5.74, 6) is -3.80. The predicted octanol–water partition coefficient (Wildman–Crippen LogP) is 6.22. The summed E-state index contributed by atoms with van der Waals surface area (Å²) < 4.78 is 36.6. The number of alkyl carbamates (subject to hydrolysis) is 1. The van der Waals surface area contributed by atoms with E-state index in [-0.39, 0.29) is 57.0 Å². The van der Waals surface area contributed by atoms with E-state index in [9.17, 15) is 55.2 Å². The molecule has 2 aromatic carbocycles. The number of aliphatic hydroxyl groups excluding tert-OH is 8. The molecule has 4 aliphatic rings. The highest BCUT2D eigenvalue weighted by molar-refractivity contribution is 5.79. The first-order chi connectivity index (χ1) is 39.7. The average Bonchev–Trinajstić information content (AvgIpc) is 2.72. The largest absolute Gasteiger partial charge is 0.462 e. The van der Waals surface area contributed by atoms with Gasteiger partial charge in [0.1, 0.15) is 24.9 Å². The van der Waals surface area contributed by atoms with Crippen LogP contribution in [-0.4, -0.2) is 170 Å². The van der Waals surface area contributed by atoms with Gasteiger partial charge in [0.15, 0.2) is 12.1 Å². The van der Waals surface area contributed by atoms with Gasteiger partial charge < -0.3 is 74.6 Å². The van der Waals surface area contributed by atoms with Crippen LogP contribution in [0.25, 0.3) is 11.1 Å². The monoisotopic (exact) mass is 1150 g/mol. The lowest BCUT2D eigenvalue weighted by Gasteiger charge is -2.47. The standard InChI is InChI=1S/C64H86N2O17/c1-39-23-17-15-13-11-9-7-8-10-12-14-16-18-24-47(82-62-61(76)58(40(2)42(4)81-62)66-63(77)79-37-52-50-27-21-19-25-48(50)49-26-20-22-28-51(49)52)34-56-59(65-38-67)55(73)36-64(78-6,83-56)35-46(70)32-54(72)53(71)30-29-44(68)31-45(69)33-57(74)80-43(5)41(3)60(39)75/h7-28,39-47,52-56,58-62,68-73,75-76H,29-37H2,1-6H3,(H,66,77)/b8-7+,11-9+,12-10+,15-13+,16-14+,23-17+,24-18+/t39-,40?,41-,42?,43-,44?,45?,46?,47-,53+,54?,55-,56?,58?,59+,60+,61?,62?,64+/m0/s1. The molecular weight excluding hydrogens is 1070 g/mol. The van der Waals surface area contributed by atoms with Crippen LogP contribution in [0, 0.1) is 17.8 Å². The molecule has 1 aliphatic carbocycles. The van der Waals surface area contributed by atoms with Crippen LogP contribution >= 0.6 is 0 Å². The second-order valence-corrected chi connectivity index (χ2v) is 22.4. The van der Waals surface area contributed by atoms with Gasteiger partial charge in [-0.1, -0.05) is 154 Å². The molecule has 83 heavy (non-hydrogen) atoms. The summed E-state index contributed by atoms with van der Waals surface area (Å²) >= 11 is 0. The molecule has 0 saturated carbocycles. The SMILES string of the molecule is CO[C@]12CC(O)CC(O)[C@H](O)CCC(O)CC(O)CC(=O)O[C@@H](C)[C@H](C)[C@H](O)[C@@H](C)/C=C/C=C/C=C/C=C/C=C/C=C/C=C/[C@H](OC3OC(C)C(C)C(NC(=O)OCC4c5ccccc5-c5ccccc54)C3O)CC(O1)[C@H](N=C=O)[C@@H](O)C2. The van der Waals surface area contributed by atoms with Crippen LogP contribution in [0.1, 0.15) is 103 Å². The Bertz CT molecular complexity index is 2600. The summed E-state index contributed by atoms with van der Waals surface area (Å²) in [6.45, 7) is 8.92. The normalized spacial score (nSPS) is 38.5. The number of carbonyl (C=O) groups is 2. The maximum absolute atomic E-state index is 13.7. The number of amides is 1. The number of aliphatic imine (C=N–C) groups is 1. The van der Waals surface area contributed by atoms with Crippen molar-refractivity contribution in [3.63, 3.8) is 0 Å². The molecule has 0 aromatic heterocycles. The van der Waals surface area contributed by atoms with E-state index in [1.54, 1.807) is 51.2 Å². The number of carbonyl (C=O) groups excluding carboxylic acids is 3. The number of cyclic esters (lactones) is 1. The zero-order valence-electron chi connectivity index (χ0n) is 48.2. The van der Waals surface area contributed by atoms with Gasteiger partial charge in [-0.25, -0.2) is 9.59 Å². The smallest absolute Gasteiger partial charge is 0.407 e. The Morgan fingerprint density at radius 3 is 1.87 bits per heavy atom. The lowest BCUT2D eigenvalue weighted by atomic mass is 9.87. The number of nitrogens with zero attached hydrogens (tertiary/aromatic N) is 1. The maximum atomic E-state index is 13.7. The van der Waals surface area contributed by atoms with Crippen molar-refractivity contribution in [1.29, 1.82) is 0 Å². The number of aliphatic hydroxyl groups is 8. The minimum absolute atomic E-state index is 0.0495. The Morgan fingerprint density at radius 2 is 1.27 bits per heavy atom. The van der Waals surface area contributed by atoms with Crippen LogP contribution in [0.15, 0.2) is 139 Å². The molecule has 454 valence electrons. The van der Waals surface area contributed by atoms with E-state index in [4.69, 9.17) is 28.4 Å². The van der Waals surface area contributed by atoms with Gasteiger partial charge in [-0.2, -0.15) is 4.99 Å². The molecule has 3 heterocycles. The van der Waals surface area contributed by atoms with Crippen LogP contribution < -0.4 is 5.32 Å². The third-order valence-electron chi connectivity index (χ3n) is 16.3. The number of esters is 1. The molecule has 2 fully saturated rings. The van der Waals surface area contributed by atoms with Crippen molar-refractivity contribution in [3.8, 4) is 11.1 Å². The Morgan fingerprint density at radius 1 is 0.675 bits per heavy atom. The van der Waals surface area contributed by atoms with Gasteiger partial charge in [-0.05, 0) is 55.4 Å². The first-order valence-corrected chi connectivity index (χ1v) is 28.8. The third-order valence-corrected chi connectivity index (χ3v) is 16.3. The molecule has 10 unspecified atom stereocenters. The number of benzene rings is 2. The Balaban J connectivity index is 1.21. The summed E-state index contributed by atoms with van der Waals surface area (Å²) in [6.07, 6.45) is 8.56. The molecule has 19 atom stereocenters. The van der Waals surface area contributed by atoms with E-state index < -0.39 is 134 Å². The molecule has 2 bridgehead atoms. The molecule has 2 aromatic rings. The van der Waals surface area contributed by atoms with Gasteiger partial charge in [-0.3, -0.25) is 4.79 Å². The average molecular weight is 1160 g/mol. The highest BCUT2D eigenvalue weighted by Crippen LogP contribution is 2.45. The minimum Gasteiger partial charge on any atom is -0.462 e. The first kappa shape index (κ1) is 66.4. The number of hydrogen-bond acceptors (Lipinski definition) is 18. The van der Waals surface area contributed by atoms with Crippen molar-refractivity contribution in [2.24, 2.45) is 22.7 Å². The lowest BCUT2D eigenvalue weighted by molar-refractivity contribution is -0.308. The summed E-state index contributed by atoms with van der Waals surface area (Å²) in [6, 6.07) is 13.8. The van der Waals surface area contributed by atoms with Gasteiger partial charge >= 0.3 is 12.1 Å². The van der Waals surface area contributed by atoms with Gasteiger partial charge in [0, 0.05) is 56.5 Å². The summed E-state index contributed by atoms with van der Waals surface area (Å²) in [7, 11) is 1.30. The summed E-state index contributed by atoms with van der Waals surface area (Å²) in [5.41, 5.74) is 4.23. The van der Waals surface area contributed by atoms with Crippen molar-refractivity contribution in [2.75, 3.05) is 13.7 Å². The molecule has 0 radical (unpaired) electrons. The van der Waals surface area contributed by atoms with Crippen LogP contribution in [0.3, 0.4) is 0 Å². The number of rotatable bonds is 7. The molecule has 19 heteroatoms. The van der Waals surface area contributed by atoms with E-state index in [1.807, 2.05) is 117 Å².